The van der Waals surface area contributed by atoms with Gasteiger partial charge in [0.1, 0.15) is 6.61 Å². The molecule has 8 heteroatoms. The van der Waals surface area contributed by atoms with E-state index in [-0.39, 0.29) is 22.3 Å². The number of rotatable bonds is 5. The van der Waals surface area contributed by atoms with Crippen LogP contribution in [0.4, 0.5) is 0 Å². The second-order valence-corrected chi connectivity index (χ2v) is 7.46. The minimum Gasteiger partial charge on any atom is -0.486 e. The molecule has 0 spiro atoms. The highest BCUT2D eigenvalue weighted by Crippen LogP contribution is 2.31. The molecule has 0 saturated carbocycles. The first-order valence-corrected chi connectivity index (χ1v) is 9.90. The van der Waals surface area contributed by atoms with Crippen LogP contribution in [0.25, 0.3) is 10.9 Å². The number of allylic oxidation sites excluding steroid dienone is 1. The van der Waals surface area contributed by atoms with E-state index in [4.69, 9.17) is 21.7 Å². The Hall–Kier alpha value is -3.39. The van der Waals surface area contributed by atoms with Crippen molar-refractivity contribution >= 4 is 29.0 Å². The molecular formula is C22H21N3O4S. The van der Waals surface area contributed by atoms with Crippen molar-refractivity contribution in [3.05, 3.63) is 75.8 Å². The molecule has 7 nitrogen and oxygen atoms in total. The minimum atomic E-state index is -0.272. The van der Waals surface area contributed by atoms with Crippen molar-refractivity contribution in [2.24, 2.45) is 0 Å². The fourth-order valence-electron chi connectivity index (χ4n) is 3.44. The van der Waals surface area contributed by atoms with Gasteiger partial charge in [0.15, 0.2) is 22.4 Å². The van der Waals surface area contributed by atoms with Crippen LogP contribution in [-0.4, -0.2) is 46.7 Å². The topological polar surface area (TPSA) is 76.6 Å². The molecule has 1 atom stereocenters. The molecule has 1 aliphatic heterocycles. The summed E-state index contributed by atoms with van der Waals surface area (Å²) in [6.45, 7) is 4.69. The maximum atomic E-state index is 12.9. The van der Waals surface area contributed by atoms with E-state index in [2.05, 4.69) is 11.6 Å². The molecule has 1 aliphatic rings. The molecule has 154 valence electrons. The third-order valence-corrected chi connectivity index (χ3v) is 5.25. The fourth-order valence-corrected chi connectivity index (χ4v) is 3.71. The van der Waals surface area contributed by atoms with E-state index in [0.29, 0.717) is 47.7 Å². The number of carbonyl (C=O) groups excluding carboxylic acids is 1. The van der Waals surface area contributed by atoms with Crippen LogP contribution in [0.1, 0.15) is 10.4 Å². The molecule has 4 rings (SSSR count). The Morgan fingerprint density at radius 3 is 2.87 bits per heavy atom. The third kappa shape index (κ3) is 3.73. The number of nitrogens with one attached hydrogen (secondary N) is 1. The summed E-state index contributed by atoms with van der Waals surface area (Å²) in [5, 5.41) is 0.463. The molecule has 0 aliphatic carbocycles. The standard InChI is InChI=1S/C22H21N3O4S/c1-3-10-25-21(27)16-9-8-14(11-17(16)23-22(25)30)20(26)24(2)12-15-13-28-18-6-4-5-7-19(18)29-15/h3-9,11,15H,1,10,12-13H2,2H3,(H,23,30). The lowest BCUT2D eigenvalue weighted by molar-refractivity contribution is 0.0521. The lowest BCUT2D eigenvalue weighted by atomic mass is 10.1. The Morgan fingerprint density at radius 2 is 2.10 bits per heavy atom. The second-order valence-electron chi connectivity index (χ2n) is 7.08. The second kappa shape index (κ2) is 8.16. The fraction of sp³-hybridized carbons (Fsp3) is 0.227. The number of nitrogens with zero attached hydrogens (tertiary/aromatic N) is 2. The van der Waals surface area contributed by atoms with Gasteiger partial charge in [-0.15, -0.1) is 6.58 Å². The van der Waals surface area contributed by atoms with Gasteiger partial charge in [0.25, 0.3) is 11.5 Å². The van der Waals surface area contributed by atoms with Crippen LogP contribution in [0.5, 0.6) is 11.5 Å². The van der Waals surface area contributed by atoms with Gasteiger partial charge >= 0.3 is 0 Å². The molecule has 1 unspecified atom stereocenters. The maximum absolute atomic E-state index is 12.9. The summed E-state index contributed by atoms with van der Waals surface area (Å²) in [5.41, 5.74) is 0.761. The maximum Gasteiger partial charge on any atom is 0.262 e. The highest BCUT2D eigenvalue weighted by atomic mass is 32.1. The molecule has 0 saturated heterocycles. The molecule has 1 amide bonds. The summed E-state index contributed by atoms with van der Waals surface area (Å²) < 4.78 is 13.4. The van der Waals surface area contributed by atoms with Gasteiger partial charge in [-0.1, -0.05) is 18.2 Å². The zero-order valence-corrected chi connectivity index (χ0v) is 17.3. The average molecular weight is 423 g/mol. The first kappa shape index (κ1) is 19.9. The summed E-state index contributed by atoms with van der Waals surface area (Å²) >= 11 is 5.27. The molecule has 1 aromatic heterocycles. The first-order chi connectivity index (χ1) is 14.5. The van der Waals surface area contributed by atoms with E-state index in [0.717, 1.165) is 0 Å². The van der Waals surface area contributed by atoms with Crippen LogP contribution in [0, 0.1) is 4.77 Å². The van der Waals surface area contributed by atoms with E-state index in [9.17, 15) is 9.59 Å². The van der Waals surface area contributed by atoms with Gasteiger partial charge in [0.2, 0.25) is 0 Å². The predicted molar refractivity (Wildman–Crippen MR) is 117 cm³/mol. The Balaban J connectivity index is 1.54. The van der Waals surface area contributed by atoms with Crippen molar-refractivity contribution in [3.8, 4) is 11.5 Å². The molecule has 1 N–H and O–H groups in total. The number of fused-ring (bicyclic) bond motifs is 2. The number of benzene rings is 2. The number of amides is 1. The van der Waals surface area contributed by atoms with Crippen LogP contribution in [0.15, 0.2) is 59.9 Å². The van der Waals surface area contributed by atoms with E-state index < -0.39 is 0 Å². The number of H-pyrrole nitrogens is 1. The Kier molecular flexibility index (Phi) is 5.41. The molecule has 2 aromatic carbocycles. The molecule has 3 aromatic rings. The average Bonchev–Trinajstić information content (AvgIpc) is 2.75. The number of likely N-dealkylation sites (N-methyl/N-ethyl adjacent to an activating group) is 1. The smallest absolute Gasteiger partial charge is 0.262 e. The number of aromatic nitrogens is 2. The Morgan fingerprint density at radius 1 is 1.33 bits per heavy atom. The van der Waals surface area contributed by atoms with Gasteiger partial charge in [-0.05, 0) is 42.5 Å². The number of carbonyl (C=O) groups is 1. The van der Waals surface area contributed by atoms with E-state index >= 15 is 0 Å². The van der Waals surface area contributed by atoms with Crippen LogP contribution in [-0.2, 0) is 6.54 Å². The number of aromatic amines is 1. The zero-order chi connectivity index (χ0) is 21.3. The molecule has 30 heavy (non-hydrogen) atoms. The quantitative estimate of drug-likeness (QED) is 0.504. The molecular weight excluding hydrogens is 402 g/mol. The van der Waals surface area contributed by atoms with Gasteiger partial charge in [-0.3, -0.25) is 14.2 Å². The van der Waals surface area contributed by atoms with Gasteiger partial charge in [-0.2, -0.15) is 0 Å². The normalized spacial score (nSPS) is 15.0. The summed E-state index contributed by atoms with van der Waals surface area (Å²) in [6.07, 6.45) is 1.34. The van der Waals surface area contributed by atoms with Gasteiger partial charge in [-0.25, -0.2) is 0 Å². The molecule has 0 bridgehead atoms. The van der Waals surface area contributed by atoms with Crippen molar-refractivity contribution in [2.75, 3.05) is 20.2 Å². The molecule has 0 radical (unpaired) electrons. The number of hydrogen-bond donors (Lipinski definition) is 1. The summed E-state index contributed by atoms with van der Waals surface area (Å²) in [7, 11) is 1.71. The number of ether oxygens (including phenoxy) is 2. The Labute approximate surface area is 178 Å². The highest BCUT2D eigenvalue weighted by Gasteiger charge is 2.24. The van der Waals surface area contributed by atoms with Gasteiger partial charge in [0.05, 0.1) is 17.4 Å². The van der Waals surface area contributed by atoms with Crippen LogP contribution in [0.3, 0.4) is 0 Å². The van der Waals surface area contributed by atoms with Gasteiger partial charge < -0.3 is 19.4 Å². The van der Waals surface area contributed by atoms with Crippen molar-refractivity contribution in [1.29, 1.82) is 0 Å². The largest absolute Gasteiger partial charge is 0.486 e. The van der Waals surface area contributed by atoms with Crippen molar-refractivity contribution < 1.29 is 14.3 Å². The zero-order valence-electron chi connectivity index (χ0n) is 16.5. The lowest BCUT2D eigenvalue weighted by Crippen LogP contribution is -2.41. The SMILES string of the molecule is C=CCn1c(=S)[nH]c2cc(C(=O)N(C)CC3COc4ccccc4O3)ccc2c1=O. The van der Waals surface area contributed by atoms with Crippen LogP contribution >= 0.6 is 12.2 Å². The monoisotopic (exact) mass is 423 g/mol. The number of hydrogen-bond acceptors (Lipinski definition) is 5. The summed E-state index contributed by atoms with van der Waals surface area (Å²) in [5.74, 6) is 1.19. The van der Waals surface area contributed by atoms with Crippen molar-refractivity contribution in [2.45, 2.75) is 12.6 Å². The molecule has 0 fully saturated rings. The van der Waals surface area contributed by atoms with E-state index in [1.807, 2.05) is 24.3 Å². The minimum absolute atomic E-state index is 0.186. The van der Waals surface area contributed by atoms with Crippen LogP contribution in [0.2, 0.25) is 0 Å². The lowest BCUT2D eigenvalue weighted by Gasteiger charge is -2.29. The Bertz CT molecular complexity index is 1250. The predicted octanol–water partition coefficient (Wildman–Crippen LogP) is 3.16. The van der Waals surface area contributed by atoms with Crippen molar-refractivity contribution in [1.82, 2.24) is 14.5 Å². The van der Waals surface area contributed by atoms with E-state index in [1.165, 1.54) is 4.57 Å². The third-order valence-electron chi connectivity index (χ3n) is 4.93. The van der Waals surface area contributed by atoms with Gasteiger partial charge in [0, 0.05) is 19.2 Å². The molecule has 2 heterocycles. The van der Waals surface area contributed by atoms with E-state index in [1.54, 1.807) is 36.2 Å². The number of para-hydroxylation sites is 2. The highest BCUT2D eigenvalue weighted by molar-refractivity contribution is 7.71. The van der Waals surface area contributed by atoms with Crippen molar-refractivity contribution in [3.63, 3.8) is 0 Å². The summed E-state index contributed by atoms with van der Waals surface area (Å²) in [6, 6.07) is 12.4. The summed E-state index contributed by atoms with van der Waals surface area (Å²) in [4.78, 5) is 30.2. The van der Waals surface area contributed by atoms with Crippen LogP contribution < -0.4 is 15.0 Å². The first-order valence-electron chi connectivity index (χ1n) is 9.49.